The number of amides is 1. The molecule has 0 spiro atoms. The molecule has 0 unspecified atom stereocenters. The van der Waals surface area contributed by atoms with Crippen molar-refractivity contribution in [1.82, 2.24) is 4.72 Å². The molecule has 0 aliphatic heterocycles. The van der Waals surface area contributed by atoms with E-state index in [1.807, 2.05) is 0 Å². The van der Waals surface area contributed by atoms with Crippen LogP contribution in [0.1, 0.15) is 6.92 Å². The van der Waals surface area contributed by atoms with E-state index >= 15 is 0 Å². The molecule has 166 valence electrons. The quantitative estimate of drug-likeness (QED) is 0.314. The Labute approximate surface area is 191 Å². The van der Waals surface area contributed by atoms with Gasteiger partial charge in [0.05, 0.1) is 19.9 Å². The second-order valence-electron chi connectivity index (χ2n) is 5.99. The Morgan fingerprint density at radius 3 is 2.42 bits per heavy atom. The number of hydrogen-bond donors (Lipinski definition) is 2. The van der Waals surface area contributed by atoms with Crippen molar-refractivity contribution >= 4 is 68.1 Å². The molecule has 0 bridgehead atoms. The minimum absolute atomic E-state index is 0.00607. The maximum atomic E-state index is 12.3. The van der Waals surface area contributed by atoms with Crippen LogP contribution in [0.15, 0.2) is 41.3 Å². The molecule has 2 N–H and O–H groups in total. The number of hydrogen-bond acceptors (Lipinski definition) is 7. The van der Waals surface area contributed by atoms with Gasteiger partial charge in [-0.05, 0) is 37.3 Å². The Morgan fingerprint density at radius 1 is 1.13 bits per heavy atom. The third-order valence-corrected chi connectivity index (χ3v) is 6.17. The van der Waals surface area contributed by atoms with Gasteiger partial charge in [0.2, 0.25) is 10.0 Å². The van der Waals surface area contributed by atoms with Gasteiger partial charge in [-0.2, -0.15) is 4.72 Å². The molecule has 10 nitrogen and oxygen atoms in total. The number of carbonyl (C=O) groups is 2. The first-order valence-corrected chi connectivity index (χ1v) is 10.9. The van der Waals surface area contributed by atoms with Crippen molar-refractivity contribution in [2.24, 2.45) is 0 Å². The first-order chi connectivity index (χ1) is 14.4. The number of ether oxygens (including phenoxy) is 1. The van der Waals surface area contributed by atoms with Crippen LogP contribution >= 0.6 is 34.8 Å². The summed E-state index contributed by atoms with van der Waals surface area (Å²) in [7, 11) is -4.13. The van der Waals surface area contributed by atoms with Crippen LogP contribution in [0.25, 0.3) is 0 Å². The number of carbonyl (C=O) groups excluding carboxylic acids is 2. The normalized spacial score (nSPS) is 12.1. The lowest BCUT2D eigenvalue weighted by atomic mass is 10.2. The van der Waals surface area contributed by atoms with Gasteiger partial charge in [0.25, 0.3) is 11.6 Å². The minimum atomic E-state index is -4.13. The third kappa shape index (κ3) is 6.77. The summed E-state index contributed by atoms with van der Waals surface area (Å²) in [6.45, 7) is 0.387. The van der Waals surface area contributed by atoms with Crippen molar-refractivity contribution in [3.05, 3.63) is 61.6 Å². The smallest absolute Gasteiger partial charge is 0.324 e. The number of sulfonamides is 1. The highest BCUT2D eigenvalue weighted by atomic mass is 35.5. The summed E-state index contributed by atoms with van der Waals surface area (Å²) >= 11 is 17.3. The Kier molecular flexibility index (Phi) is 8.21. The van der Waals surface area contributed by atoms with Gasteiger partial charge < -0.3 is 10.1 Å². The first-order valence-electron chi connectivity index (χ1n) is 8.28. The van der Waals surface area contributed by atoms with E-state index in [2.05, 4.69) is 10.0 Å². The van der Waals surface area contributed by atoms with Crippen LogP contribution in [0.4, 0.5) is 11.4 Å². The maximum absolute atomic E-state index is 12.3. The zero-order chi connectivity index (χ0) is 23.3. The van der Waals surface area contributed by atoms with E-state index in [1.165, 1.54) is 25.1 Å². The molecule has 2 aromatic rings. The fraction of sp³-hybridized carbons (Fsp3) is 0.176. The van der Waals surface area contributed by atoms with Crippen LogP contribution in [0.2, 0.25) is 15.1 Å². The highest BCUT2D eigenvalue weighted by Crippen LogP contribution is 2.27. The highest BCUT2D eigenvalue weighted by molar-refractivity contribution is 7.89. The molecule has 1 atom stereocenters. The topological polar surface area (TPSA) is 145 Å². The molecule has 2 aromatic carbocycles. The summed E-state index contributed by atoms with van der Waals surface area (Å²) in [6, 6.07) is 5.76. The van der Waals surface area contributed by atoms with Crippen molar-refractivity contribution in [1.29, 1.82) is 0 Å². The van der Waals surface area contributed by atoms with Crippen LogP contribution in [0.3, 0.4) is 0 Å². The summed E-state index contributed by atoms with van der Waals surface area (Å²) in [4.78, 5) is 34.1. The number of nitro groups is 1. The lowest BCUT2D eigenvalue weighted by Gasteiger charge is -2.14. The molecule has 0 fully saturated rings. The first kappa shape index (κ1) is 24.8. The van der Waals surface area contributed by atoms with Crippen molar-refractivity contribution in [2.75, 3.05) is 11.9 Å². The van der Waals surface area contributed by atoms with E-state index in [-0.39, 0.29) is 25.7 Å². The standard InChI is InChI=1S/C17H14Cl3N3O7S/c1-9(22-31(28,29)11-3-4-12(19)13(20)7-11)17(25)30-8-16(24)21-14-6-10(18)2-5-15(14)23(26)27/h2-7,9,22H,8H2,1H3,(H,21,24)/t9-/m0/s1. The van der Waals surface area contributed by atoms with E-state index in [9.17, 15) is 28.1 Å². The molecule has 0 aliphatic rings. The SMILES string of the molecule is C[C@H](NS(=O)(=O)c1ccc(Cl)c(Cl)c1)C(=O)OCC(=O)Nc1cc(Cl)ccc1[N+](=O)[O-]. The molecule has 14 heteroatoms. The number of halogens is 3. The highest BCUT2D eigenvalue weighted by Gasteiger charge is 2.25. The van der Waals surface area contributed by atoms with Gasteiger partial charge in [-0.3, -0.25) is 19.7 Å². The molecule has 2 rings (SSSR count). The van der Waals surface area contributed by atoms with Crippen molar-refractivity contribution in [2.45, 2.75) is 17.9 Å². The zero-order valence-electron chi connectivity index (χ0n) is 15.6. The fourth-order valence-electron chi connectivity index (χ4n) is 2.21. The van der Waals surface area contributed by atoms with Crippen LogP contribution in [-0.2, 0) is 24.3 Å². The monoisotopic (exact) mass is 509 g/mol. The minimum Gasteiger partial charge on any atom is -0.454 e. The van der Waals surface area contributed by atoms with E-state index in [1.54, 1.807) is 0 Å². The fourth-order valence-corrected chi connectivity index (χ4v) is 3.96. The van der Waals surface area contributed by atoms with Gasteiger partial charge >= 0.3 is 5.97 Å². The molecule has 0 aliphatic carbocycles. The lowest BCUT2D eigenvalue weighted by Crippen LogP contribution is -2.40. The lowest BCUT2D eigenvalue weighted by molar-refractivity contribution is -0.383. The summed E-state index contributed by atoms with van der Waals surface area (Å²) in [5, 5.41) is 13.5. The predicted octanol–water partition coefficient (Wildman–Crippen LogP) is 3.40. The van der Waals surface area contributed by atoms with Gasteiger partial charge in [-0.1, -0.05) is 34.8 Å². The number of anilines is 1. The number of benzene rings is 2. The average Bonchev–Trinajstić information content (AvgIpc) is 2.67. The number of rotatable bonds is 8. The summed E-state index contributed by atoms with van der Waals surface area (Å²) in [6.07, 6.45) is 0. The Morgan fingerprint density at radius 2 is 1.81 bits per heavy atom. The van der Waals surface area contributed by atoms with Gasteiger partial charge in [0.15, 0.2) is 6.61 Å². The van der Waals surface area contributed by atoms with Gasteiger partial charge in [0.1, 0.15) is 11.7 Å². The van der Waals surface area contributed by atoms with Gasteiger partial charge in [-0.15, -0.1) is 0 Å². The second kappa shape index (κ2) is 10.2. The van der Waals surface area contributed by atoms with Crippen molar-refractivity contribution in [3.63, 3.8) is 0 Å². The van der Waals surface area contributed by atoms with Gasteiger partial charge in [0, 0.05) is 11.1 Å². The number of nitrogens with zero attached hydrogens (tertiary/aromatic N) is 1. The molecular formula is C17H14Cl3N3O7S. The molecule has 0 heterocycles. The van der Waals surface area contributed by atoms with Crippen LogP contribution in [0, 0.1) is 10.1 Å². The van der Waals surface area contributed by atoms with Gasteiger partial charge in [-0.25, -0.2) is 8.42 Å². The largest absolute Gasteiger partial charge is 0.454 e. The Hall–Kier alpha value is -2.44. The van der Waals surface area contributed by atoms with E-state index in [4.69, 9.17) is 39.5 Å². The number of esters is 1. The Bertz CT molecular complexity index is 1140. The number of nitro benzene ring substituents is 1. The Balaban J connectivity index is 1.97. The molecule has 31 heavy (non-hydrogen) atoms. The van der Waals surface area contributed by atoms with Crippen LogP contribution < -0.4 is 10.0 Å². The molecular weight excluding hydrogens is 497 g/mol. The van der Waals surface area contributed by atoms with E-state index in [0.29, 0.717) is 0 Å². The summed E-state index contributed by atoms with van der Waals surface area (Å²) < 4.78 is 31.5. The summed E-state index contributed by atoms with van der Waals surface area (Å²) in [5.41, 5.74) is -0.598. The molecule has 1 amide bonds. The molecule has 0 aromatic heterocycles. The van der Waals surface area contributed by atoms with Crippen molar-refractivity contribution in [3.8, 4) is 0 Å². The molecule has 0 radical (unpaired) electrons. The zero-order valence-corrected chi connectivity index (χ0v) is 18.7. The van der Waals surface area contributed by atoms with Crippen LogP contribution in [0.5, 0.6) is 0 Å². The maximum Gasteiger partial charge on any atom is 0.324 e. The van der Waals surface area contributed by atoms with E-state index < -0.39 is 45.2 Å². The van der Waals surface area contributed by atoms with Crippen molar-refractivity contribution < 1.29 is 27.7 Å². The van der Waals surface area contributed by atoms with E-state index in [0.717, 1.165) is 18.2 Å². The second-order valence-corrected chi connectivity index (χ2v) is 8.96. The molecule has 0 saturated heterocycles. The molecule has 0 saturated carbocycles. The van der Waals surface area contributed by atoms with Crippen LogP contribution in [-0.4, -0.2) is 37.9 Å². The number of nitrogens with one attached hydrogen (secondary N) is 2. The predicted molar refractivity (Wildman–Crippen MR) is 114 cm³/mol. The summed E-state index contributed by atoms with van der Waals surface area (Å²) in [5.74, 6) is -1.95. The third-order valence-electron chi connectivity index (χ3n) is 3.66. The average molecular weight is 511 g/mol.